The molecule has 0 bridgehead atoms. The Morgan fingerprint density at radius 3 is 2.44 bits per heavy atom. The number of carbonyl (C=O) groups excluding carboxylic acids is 2. The van der Waals surface area contributed by atoms with Crippen molar-refractivity contribution in [3.8, 4) is 11.5 Å². The van der Waals surface area contributed by atoms with Gasteiger partial charge < -0.3 is 19.1 Å². The lowest BCUT2D eigenvalue weighted by atomic mass is 10.1. The molecular weight excluding hydrogens is 346 g/mol. The van der Waals surface area contributed by atoms with Crippen molar-refractivity contribution in [2.45, 2.75) is 38.5 Å². The summed E-state index contributed by atoms with van der Waals surface area (Å²) in [5, 5.41) is 0. The highest BCUT2D eigenvalue weighted by atomic mass is 16.5. The fraction of sp³-hybridized carbons (Fsp3) is 0.524. The molecule has 1 fully saturated rings. The Labute approximate surface area is 160 Å². The zero-order chi connectivity index (χ0) is 18.9. The van der Waals surface area contributed by atoms with Gasteiger partial charge in [-0.2, -0.15) is 0 Å². The summed E-state index contributed by atoms with van der Waals surface area (Å²) >= 11 is 0. The van der Waals surface area contributed by atoms with Crippen LogP contribution in [-0.4, -0.2) is 49.7 Å². The van der Waals surface area contributed by atoms with Crippen molar-refractivity contribution in [2.24, 2.45) is 0 Å². The summed E-state index contributed by atoms with van der Waals surface area (Å²) in [5.74, 6) is 0.748. The molecule has 146 valence electrons. The van der Waals surface area contributed by atoms with E-state index < -0.39 is 5.97 Å². The maximum Gasteiger partial charge on any atom is 0.331 e. The maximum absolute atomic E-state index is 12.2. The summed E-state index contributed by atoms with van der Waals surface area (Å²) in [4.78, 5) is 26.0. The quantitative estimate of drug-likeness (QED) is 0.599. The Morgan fingerprint density at radius 1 is 0.963 bits per heavy atom. The first-order chi connectivity index (χ1) is 13.2. The minimum atomic E-state index is -0.525. The van der Waals surface area contributed by atoms with E-state index in [1.165, 1.54) is 12.5 Å². The lowest BCUT2D eigenvalue weighted by Gasteiger charge is -2.24. The predicted octanol–water partition coefficient (Wildman–Crippen LogP) is 3.20. The Balaban J connectivity index is 1.48. The smallest absolute Gasteiger partial charge is 0.331 e. The van der Waals surface area contributed by atoms with Gasteiger partial charge in [-0.1, -0.05) is 25.3 Å². The number of ether oxygens (including phenoxy) is 3. The minimum Gasteiger partial charge on any atom is -0.490 e. The SMILES string of the molecule is O=C(/C=C/c1ccc2c(c1)OCCCO2)OCC(=O)N1CCCCCCC1. The topological polar surface area (TPSA) is 65.1 Å². The number of fused-ring (bicyclic) bond motifs is 1. The number of hydrogen-bond donors (Lipinski definition) is 0. The van der Waals surface area contributed by atoms with Gasteiger partial charge in [-0.15, -0.1) is 0 Å². The highest BCUT2D eigenvalue weighted by molar-refractivity contribution is 5.89. The van der Waals surface area contributed by atoms with Crippen LogP contribution in [0.3, 0.4) is 0 Å². The molecule has 1 aromatic rings. The number of rotatable bonds is 4. The lowest BCUT2D eigenvalue weighted by molar-refractivity contribution is -0.148. The first kappa shape index (κ1) is 19.3. The fourth-order valence-electron chi connectivity index (χ4n) is 3.22. The van der Waals surface area contributed by atoms with Crippen molar-refractivity contribution >= 4 is 18.0 Å². The number of carbonyl (C=O) groups is 2. The number of nitrogens with zero attached hydrogens (tertiary/aromatic N) is 1. The van der Waals surface area contributed by atoms with E-state index in [1.54, 1.807) is 11.0 Å². The molecule has 1 saturated heterocycles. The van der Waals surface area contributed by atoms with Gasteiger partial charge in [0.05, 0.1) is 13.2 Å². The van der Waals surface area contributed by atoms with Gasteiger partial charge in [0, 0.05) is 25.6 Å². The molecule has 2 aliphatic heterocycles. The second-order valence-corrected chi connectivity index (χ2v) is 6.85. The van der Waals surface area contributed by atoms with E-state index in [1.807, 2.05) is 18.2 Å². The van der Waals surface area contributed by atoms with Crippen LogP contribution in [0.2, 0.25) is 0 Å². The number of likely N-dealkylation sites (tertiary alicyclic amines) is 1. The lowest BCUT2D eigenvalue weighted by Crippen LogP contribution is -2.36. The molecule has 6 nitrogen and oxygen atoms in total. The van der Waals surface area contributed by atoms with Gasteiger partial charge in [0.15, 0.2) is 18.1 Å². The van der Waals surface area contributed by atoms with Crippen LogP contribution in [-0.2, 0) is 14.3 Å². The van der Waals surface area contributed by atoms with Gasteiger partial charge in [0.1, 0.15) is 0 Å². The van der Waals surface area contributed by atoms with Crippen LogP contribution in [0.25, 0.3) is 6.08 Å². The van der Waals surface area contributed by atoms with Crippen molar-refractivity contribution in [1.29, 1.82) is 0 Å². The second-order valence-electron chi connectivity index (χ2n) is 6.85. The summed E-state index contributed by atoms with van der Waals surface area (Å²) in [6.45, 7) is 2.55. The van der Waals surface area contributed by atoms with Crippen LogP contribution >= 0.6 is 0 Å². The summed E-state index contributed by atoms with van der Waals surface area (Å²) in [6.07, 6.45) is 9.41. The van der Waals surface area contributed by atoms with Gasteiger partial charge in [0.2, 0.25) is 0 Å². The Kier molecular flexibility index (Phi) is 7.13. The van der Waals surface area contributed by atoms with Crippen LogP contribution in [0.15, 0.2) is 24.3 Å². The van der Waals surface area contributed by atoms with E-state index >= 15 is 0 Å². The molecule has 2 aliphatic rings. The Morgan fingerprint density at radius 2 is 1.67 bits per heavy atom. The van der Waals surface area contributed by atoms with Gasteiger partial charge >= 0.3 is 5.97 Å². The molecule has 0 N–H and O–H groups in total. The maximum atomic E-state index is 12.2. The highest BCUT2D eigenvalue weighted by Crippen LogP contribution is 2.30. The van der Waals surface area contributed by atoms with Gasteiger partial charge in [-0.05, 0) is 36.6 Å². The third-order valence-electron chi connectivity index (χ3n) is 4.73. The zero-order valence-electron chi connectivity index (χ0n) is 15.7. The third-order valence-corrected chi connectivity index (χ3v) is 4.73. The summed E-state index contributed by atoms with van der Waals surface area (Å²) < 4.78 is 16.3. The van der Waals surface area contributed by atoms with E-state index in [-0.39, 0.29) is 12.5 Å². The van der Waals surface area contributed by atoms with Crippen LogP contribution in [0.1, 0.15) is 44.1 Å². The van der Waals surface area contributed by atoms with Crippen LogP contribution in [0, 0.1) is 0 Å². The Bertz CT molecular complexity index is 677. The largest absolute Gasteiger partial charge is 0.490 e. The fourth-order valence-corrected chi connectivity index (χ4v) is 3.22. The van der Waals surface area contributed by atoms with Crippen LogP contribution in [0.5, 0.6) is 11.5 Å². The average Bonchev–Trinajstić information content (AvgIpc) is 2.89. The third kappa shape index (κ3) is 6.01. The second kappa shape index (κ2) is 10.00. The van der Waals surface area contributed by atoms with Gasteiger partial charge in [-0.3, -0.25) is 4.79 Å². The molecule has 0 saturated carbocycles. The standard InChI is InChI=1S/C21H27NO5/c23-20(22-11-4-2-1-3-5-12-22)16-27-21(24)10-8-17-7-9-18-19(15-17)26-14-6-13-25-18/h7-10,15H,1-6,11-14,16H2/b10-8+. The number of esters is 1. The Hall–Kier alpha value is -2.50. The molecule has 0 spiro atoms. The summed E-state index contributed by atoms with van der Waals surface area (Å²) in [5.41, 5.74) is 0.811. The minimum absolute atomic E-state index is 0.116. The number of benzene rings is 1. The molecule has 2 heterocycles. The molecular formula is C21H27NO5. The van der Waals surface area contributed by atoms with Crippen molar-refractivity contribution in [3.63, 3.8) is 0 Å². The molecule has 27 heavy (non-hydrogen) atoms. The molecule has 0 radical (unpaired) electrons. The molecule has 3 rings (SSSR count). The van der Waals surface area contributed by atoms with E-state index in [2.05, 4.69) is 0 Å². The highest BCUT2D eigenvalue weighted by Gasteiger charge is 2.16. The number of hydrogen-bond acceptors (Lipinski definition) is 5. The molecule has 0 atom stereocenters. The first-order valence-corrected chi connectivity index (χ1v) is 9.74. The van der Waals surface area contributed by atoms with Crippen LogP contribution < -0.4 is 9.47 Å². The normalized spacial score (nSPS) is 17.7. The first-order valence-electron chi connectivity index (χ1n) is 9.74. The van der Waals surface area contributed by atoms with Crippen molar-refractivity contribution in [3.05, 3.63) is 29.8 Å². The van der Waals surface area contributed by atoms with Gasteiger partial charge in [-0.25, -0.2) is 4.79 Å². The molecule has 0 aromatic heterocycles. The number of amides is 1. The average molecular weight is 373 g/mol. The van der Waals surface area contributed by atoms with Crippen molar-refractivity contribution in [1.82, 2.24) is 4.90 Å². The predicted molar refractivity (Wildman–Crippen MR) is 102 cm³/mol. The molecule has 1 amide bonds. The molecule has 6 heteroatoms. The van der Waals surface area contributed by atoms with Gasteiger partial charge in [0.25, 0.3) is 5.91 Å². The van der Waals surface area contributed by atoms with E-state index in [0.717, 1.165) is 50.8 Å². The molecule has 1 aromatic carbocycles. The monoisotopic (exact) mass is 373 g/mol. The zero-order valence-corrected chi connectivity index (χ0v) is 15.7. The van der Waals surface area contributed by atoms with E-state index in [4.69, 9.17) is 14.2 Å². The van der Waals surface area contributed by atoms with Crippen molar-refractivity contribution < 1.29 is 23.8 Å². The van der Waals surface area contributed by atoms with Crippen LogP contribution in [0.4, 0.5) is 0 Å². The molecule has 0 unspecified atom stereocenters. The van der Waals surface area contributed by atoms with Crippen molar-refractivity contribution in [2.75, 3.05) is 32.9 Å². The summed E-state index contributed by atoms with van der Waals surface area (Å²) in [6, 6.07) is 5.51. The van der Waals surface area contributed by atoms with E-state index in [0.29, 0.717) is 24.7 Å². The van der Waals surface area contributed by atoms with E-state index in [9.17, 15) is 9.59 Å². The molecule has 0 aliphatic carbocycles. The summed E-state index contributed by atoms with van der Waals surface area (Å²) in [7, 11) is 0.